The Kier molecular flexibility index (Phi) is 4.65. The zero-order chi connectivity index (χ0) is 19.9. The van der Waals surface area contributed by atoms with E-state index in [2.05, 4.69) is 0 Å². The van der Waals surface area contributed by atoms with Gasteiger partial charge in [-0.1, -0.05) is 30.3 Å². The van der Waals surface area contributed by atoms with Gasteiger partial charge in [0.1, 0.15) is 12.4 Å². The minimum Gasteiger partial charge on any atom is -0.447 e. The van der Waals surface area contributed by atoms with E-state index in [1.165, 1.54) is 0 Å². The van der Waals surface area contributed by atoms with E-state index in [1.807, 2.05) is 37.3 Å². The first-order valence-electron chi connectivity index (χ1n) is 9.76. The summed E-state index contributed by atoms with van der Waals surface area (Å²) in [7, 11) is 0. The van der Waals surface area contributed by atoms with E-state index in [9.17, 15) is 19.2 Å². The van der Waals surface area contributed by atoms with E-state index in [-0.39, 0.29) is 30.2 Å². The van der Waals surface area contributed by atoms with Gasteiger partial charge in [-0.25, -0.2) is 9.69 Å². The van der Waals surface area contributed by atoms with Crippen molar-refractivity contribution in [3.63, 3.8) is 0 Å². The maximum Gasteiger partial charge on any atom is 0.417 e. The van der Waals surface area contributed by atoms with Gasteiger partial charge in [-0.3, -0.25) is 14.4 Å². The number of carbonyl (C=O) groups is 4. The van der Waals surface area contributed by atoms with Gasteiger partial charge in [0, 0.05) is 18.3 Å². The van der Waals surface area contributed by atoms with Crippen LogP contribution in [0, 0.1) is 5.41 Å². The number of fused-ring (bicyclic) bond motifs is 1. The third kappa shape index (κ3) is 2.97. The molecule has 2 amide bonds. The lowest BCUT2D eigenvalue weighted by Gasteiger charge is -2.39. The van der Waals surface area contributed by atoms with Gasteiger partial charge in [-0.15, -0.1) is 0 Å². The van der Waals surface area contributed by atoms with Gasteiger partial charge in [0.05, 0.1) is 11.6 Å². The summed E-state index contributed by atoms with van der Waals surface area (Å²) < 4.78 is 5.15. The van der Waals surface area contributed by atoms with Gasteiger partial charge in [0.2, 0.25) is 0 Å². The van der Waals surface area contributed by atoms with Crippen LogP contribution in [0.1, 0.15) is 44.6 Å². The van der Waals surface area contributed by atoms with Gasteiger partial charge < -0.3 is 4.74 Å². The van der Waals surface area contributed by atoms with Gasteiger partial charge in [0.25, 0.3) is 5.91 Å². The zero-order valence-corrected chi connectivity index (χ0v) is 15.9. The second kappa shape index (κ2) is 7.00. The third-order valence-electron chi connectivity index (χ3n) is 6.25. The van der Waals surface area contributed by atoms with Crippen LogP contribution >= 0.6 is 0 Å². The summed E-state index contributed by atoms with van der Waals surface area (Å²) in [5.74, 6) is -0.800. The van der Waals surface area contributed by atoms with Crippen LogP contribution in [0.15, 0.2) is 41.5 Å². The molecule has 6 heteroatoms. The fourth-order valence-electron chi connectivity index (χ4n) is 4.61. The van der Waals surface area contributed by atoms with E-state index < -0.39 is 23.5 Å². The highest BCUT2D eigenvalue weighted by molar-refractivity contribution is 6.24. The fraction of sp³-hybridized carbons (Fsp3) is 0.455. The Labute approximate surface area is 163 Å². The number of benzene rings is 1. The molecule has 3 aliphatic rings. The van der Waals surface area contributed by atoms with Crippen molar-refractivity contribution in [2.45, 2.75) is 51.5 Å². The van der Waals surface area contributed by atoms with Gasteiger partial charge in [-0.2, -0.15) is 0 Å². The number of amides is 2. The largest absolute Gasteiger partial charge is 0.447 e. The Morgan fingerprint density at radius 1 is 1.14 bits per heavy atom. The van der Waals surface area contributed by atoms with E-state index >= 15 is 0 Å². The van der Waals surface area contributed by atoms with E-state index in [4.69, 9.17) is 4.74 Å². The molecule has 0 aromatic heterocycles. The summed E-state index contributed by atoms with van der Waals surface area (Å²) >= 11 is 0. The predicted octanol–water partition coefficient (Wildman–Crippen LogP) is 3.00. The van der Waals surface area contributed by atoms with Crippen LogP contribution in [0.25, 0.3) is 0 Å². The Morgan fingerprint density at radius 3 is 2.64 bits per heavy atom. The predicted molar refractivity (Wildman–Crippen MR) is 100 cm³/mol. The maximum absolute atomic E-state index is 13.4. The smallest absolute Gasteiger partial charge is 0.417 e. The molecule has 1 aliphatic heterocycles. The van der Waals surface area contributed by atoms with E-state index in [0.29, 0.717) is 37.7 Å². The molecule has 0 unspecified atom stereocenters. The average Bonchev–Trinajstić information content (AvgIpc) is 3.04. The second-order valence-corrected chi connectivity index (χ2v) is 7.98. The van der Waals surface area contributed by atoms with Crippen LogP contribution in [0.5, 0.6) is 0 Å². The topological polar surface area (TPSA) is 80.8 Å². The molecular formula is C22H23NO5. The average molecular weight is 381 g/mol. The monoisotopic (exact) mass is 381 g/mol. The normalized spacial score (nSPS) is 27.7. The lowest BCUT2D eigenvalue weighted by atomic mass is 9.63. The number of carbonyl (C=O) groups excluding carboxylic acids is 4. The van der Waals surface area contributed by atoms with Crippen molar-refractivity contribution in [1.82, 2.24) is 4.90 Å². The molecule has 0 bridgehead atoms. The minimum atomic E-state index is -0.768. The molecule has 4 rings (SSSR count). The SMILES string of the molecule is C[C@@]12CCC(=O)C(C(=O)N3C(=O)OC[C@@H]3Cc3ccccc3)=C1CCCC2=O. The fourth-order valence-corrected chi connectivity index (χ4v) is 4.61. The highest BCUT2D eigenvalue weighted by Crippen LogP contribution is 2.47. The molecule has 1 saturated heterocycles. The number of cyclic esters (lactones) is 1. The van der Waals surface area contributed by atoms with Crippen molar-refractivity contribution in [3.8, 4) is 0 Å². The number of Topliss-reactive ketones (excluding diaryl/α,β-unsaturated/α-hetero) is 2. The number of nitrogens with zero attached hydrogens (tertiary/aromatic N) is 1. The molecule has 0 N–H and O–H groups in total. The molecule has 0 radical (unpaired) electrons. The highest BCUT2D eigenvalue weighted by atomic mass is 16.6. The molecule has 2 aliphatic carbocycles. The van der Waals surface area contributed by atoms with Crippen LogP contribution in [0.3, 0.4) is 0 Å². The molecule has 2 atom stereocenters. The summed E-state index contributed by atoms with van der Waals surface area (Å²) in [6.45, 7) is 1.93. The lowest BCUT2D eigenvalue weighted by Crippen LogP contribution is -2.46. The molecule has 28 heavy (non-hydrogen) atoms. The molecule has 1 aromatic rings. The molecule has 146 valence electrons. The summed E-state index contributed by atoms with van der Waals surface area (Å²) in [5, 5.41) is 0. The summed E-state index contributed by atoms with van der Waals surface area (Å²) in [4.78, 5) is 52.0. The van der Waals surface area contributed by atoms with Crippen LogP contribution < -0.4 is 0 Å². The first-order valence-corrected chi connectivity index (χ1v) is 9.76. The van der Waals surface area contributed by atoms with Gasteiger partial charge in [-0.05, 0) is 43.7 Å². The van der Waals surface area contributed by atoms with Crippen molar-refractivity contribution in [2.24, 2.45) is 5.41 Å². The molecule has 0 spiro atoms. The minimum absolute atomic E-state index is 0.0405. The van der Waals surface area contributed by atoms with Crippen LogP contribution in [-0.4, -0.2) is 41.1 Å². The zero-order valence-electron chi connectivity index (χ0n) is 15.9. The van der Waals surface area contributed by atoms with E-state index in [1.54, 1.807) is 0 Å². The Balaban J connectivity index is 1.69. The van der Waals surface area contributed by atoms with E-state index in [0.717, 1.165) is 10.5 Å². The van der Waals surface area contributed by atoms with Crippen molar-refractivity contribution in [2.75, 3.05) is 6.61 Å². The number of ketones is 2. The van der Waals surface area contributed by atoms with Gasteiger partial charge in [0.15, 0.2) is 5.78 Å². The van der Waals surface area contributed by atoms with Gasteiger partial charge >= 0.3 is 6.09 Å². The van der Waals surface area contributed by atoms with Crippen LogP contribution in [0.4, 0.5) is 4.79 Å². The third-order valence-corrected chi connectivity index (χ3v) is 6.25. The highest BCUT2D eigenvalue weighted by Gasteiger charge is 2.49. The number of ether oxygens (including phenoxy) is 1. The molecule has 2 fully saturated rings. The number of imide groups is 1. The molecular weight excluding hydrogens is 358 g/mol. The standard InChI is InChI=1S/C22H23NO5/c1-22-11-10-17(24)19(16(22)8-5-9-18(22)25)20(26)23-15(13-28-21(23)27)12-14-6-3-2-4-7-14/h2-4,6-7,15H,5,8-13H2,1H3/t15-,22+/m0/s1. The van der Waals surface area contributed by atoms with Crippen LogP contribution in [0.2, 0.25) is 0 Å². The first-order chi connectivity index (χ1) is 13.4. The van der Waals surface area contributed by atoms with Crippen molar-refractivity contribution >= 4 is 23.6 Å². The van der Waals surface area contributed by atoms with Crippen molar-refractivity contribution < 1.29 is 23.9 Å². The molecule has 1 saturated carbocycles. The molecule has 1 heterocycles. The lowest BCUT2D eigenvalue weighted by molar-refractivity contribution is -0.131. The number of rotatable bonds is 3. The first kappa shape index (κ1) is 18.6. The second-order valence-electron chi connectivity index (χ2n) is 7.98. The number of hydrogen-bond acceptors (Lipinski definition) is 5. The van der Waals surface area contributed by atoms with Crippen LogP contribution in [-0.2, 0) is 25.5 Å². The summed E-state index contributed by atoms with van der Waals surface area (Å²) in [6, 6.07) is 9.08. The maximum atomic E-state index is 13.4. The Morgan fingerprint density at radius 2 is 1.89 bits per heavy atom. The Bertz CT molecular complexity index is 887. The Hall–Kier alpha value is -2.76. The summed E-state index contributed by atoms with van der Waals surface area (Å²) in [6.07, 6.45) is 1.98. The van der Waals surface area contributed by atoms with Crippen molar-refractivity contribution in [1.29, 1.82) is 0 Å². The number of allylic oxidation sites excluding steroid dienone is 1. The summed E-state index contributed by atoms with van der Waals surface area (Å²) in [5.41, 5.74) is 0.867. The molecule has 6 nitrogen and oxygen atoms in total. The quantitative estimate of drug-likeness (QED) is 0.752. The van der Waals surface area contributed by atoms with Crippen molar-refractivity contribution in [3.05, 3.63) is 47.0 Å². The molecule has 1 aromatic carbocycles. The number of hydrogen-bond donors (Lipinski definition) is 0.